The molecule has 3 aromatic carbocycles. The molecule has 39 heavy (non-hydrogen) atoms. The average molecular weight is 700 g/mol. The number of thioether (sulfide) groups is 1. The van der Waals surface area contributed by atoms with Crippen molar-refractivity contribution < 1.29 is 27.1 Å². The summed E-state index contributed by atoms with van der Waals surface area (Å²) in [5.41, 5.74) is 1.56. The summed E-state index contributed by atoms with van der Waals surface area (Å²) in [5, 5.41) is 13.9. The van der Waals surface area contributed by atoms with Gasteiger partial charge in [-0.1, -0.05) is 29.3 Å². The van der Waals surface area contributed by atoms with E-state index in [4.69, 9.17) is 20.5 Å². The van der Waals surface area contributed by atoms with E-state index in [9.17, 15) is 23.3 Å². The van der Waals surface area contributed by atoms with Crippen LogP contribution in [0.25, 0.3) is 6.08 Å². The lowest BCUT2D eigenvalue weighted by atomic mass is 10.2. The zero-order valence-corrected chi connectivity index (χ0v) is 24.9. The molecule has 202 valence electrons. The largest absolute Gasteiger partial charge is 0.490 e. The first-order valence-electron chi connectivity index (χ1n) is 11.2. The maximum absolute atomic E-state index is 12.9. The molecule has 0 radical (unpaired) electrons. The minimum atomic E-state index is -4.12. The van der Waals surface area contributed by atoms with Gasteiger partial charge in [-0.2, -0.15) is 8.42 Å². The van der Waals surface area contributed by atoms with Crippen molar-refractivity contribution in [2.24, 2.45) is 4.99 Å². The van der Waals surface area contributed by atoms with Gasteiger partial charge in [0.15, 0.2) is 16.7 Å². The number of carbonyl (C=O) groups excluding carboxylic acids is 1. The molecule has 1 aliphatic rings. The van der Waals surface area contributed by atoms with Gasteiger partial charge in [-0.25, -0.2) is 4.99 Å². The topological polar surface area (TPSA) is 137 Å². The summed E-state index contributed by atoms with van der Waals surface area (Å²) >= 11 is 9.11. The van der Waals surface area contributed by atoms with Gasteiger partial charge >= 0.3 is 10.1 Å². The lowest BCUT2D eigenvalue weighted by Crippen LogP contribution is -2.19. The number of hydrogen-bond donors (Lipinski definition) is 1. The van der Waals surface area contributed by atoms with Crippen LogP contribution in [0.3, 0.4) is 0 Å². The van der Waals surface area contributed by atoms with Gasteiger partial charge in [0.05, 0.1) is 30.7 Å². The van der Waals surface area contributed by atoms with Crippen molar-refractivity contribution in [3.8, 4) is 11.5 Å². The van der Waals surface area contributed by atoms with Crippen LogP contribution in [0, 0.1) is 20.6 Å². The molecule has 0 aromatic heterocycles. The van der Waals surface area contributed by atoms with Crippen LogP contribution in [0.4, 0.5) is 11.4 Å². The first-order valence-corrected chi connectivity index (χ1v) is 14.9. The Balaban J connectivity index is 1.61. The van der Waals surface area contributed by atoms with Gasteiger partial charge < -0.3 is 14.2 Å². The fraction of sp³-hybridized carbons (Fsp3) is 0.120. The molecular formula is C25H19ClIN3O7S2. The molecule has 1 amide bonds. The molecule has 1 N–H and O–H groups in total. The highest BCUT2D eigenvalue weighted by Crippen LogP contribution is 2.38. The predicted octanol–water partition coefficient (Wildman–Crippen LogP) is 6.22. The Labute approximate surface area is 246 Å². The van der Waals surface area contributed by atoms with Crippen LogP contribution in [-0.4, -0.2) is 31.0 Å². The SMILES string of the molecule is CCOc1cc(/C=C2/SC(=Nc3ccc([N+](=O)[O-])cc3Cl)NC2=O)cc(I)c1OS(=O)(=O)c1ccc(C)cc1. The Bertz CT molecular complexity index is 1640. The van der Waals surface area contributed by atoms with Crippen molar-refractivity contribution >= 4 is 84.6 Å². The quantitative estimate of drug-likeness (QED) is 0.0963. The van der Waals surface area contributed by atoms with E-state index in [0.29, 0.717) is 14.0 Å². The van der Waals surface area contributed by atoms with Gasteiger partial charge in [0.1, 0.15) is 4.90 Å². The summed E-state index contributed by atoms with van der Waals surface area (Å²) in [4.78, 5) is 27.6. The van der Waals surface area contributed by atoms with Crippen molar-refractivity contribution in [1.82, 2.24) is 5.32 Å². The highest BCUT2D eigenvalue weighted by molar-refractivity contribution is 14.1. The van der Waals surface area contributed by atoms with Crippen molar-refractivity contribution in [2.75, 3.05) is 6.61 Å². The molecule has 1 saturated heterocycles. The number of halogens is 2. The molecular weight excluding hydrogens is 681 g/mol. The predicted molar refractivity (Wildman–Crippen MR) is 158 cm³/mol. The minimum absolute atomic E-state index is 0.0107. The third-order valence-corrected chi connectivity index (χ3v) is 8.40. The van der Waals surface area contributed by atoms with E-state index >= 15 is 0 Å². The van der Waals surface area contributed by atoms with Crippen molar-refractivity contribution in [3.63, 3.8) is 0 Å². The highest BCUT2D eigenvalue weighted by Gasteiger charge is 2.26. The van der Waals surface area contributed by atoms with Gasteiger partial charge in [-0.15, -0.1) is 0 Å². The van der Waals surface area contributed by atoms with E-state index in [1.165, 1.54) is 30.3 Å². The maximum Gasteiger partial charge on any atom is 0.339 e. The van der Waals surface area contributed by atoms with Crippen LogP contribution in [0.15, 0.2) is 69.4 Å². The van der Waals surface area contributed by atoms with Gasteiger partial charge in [0.2, 0.25) is 0 Å². The van der Waals surface area contributed by atoms with Crippen LogP contribution in [0.1, 0.15) is 18.1 Å². The number of non-ortho nitro benzene ring substituents is 1. The standard InChI is InChI=1S/C25H19ClIN3O7S2/c1-3-36-21-11-15(10-19(27)23(21)37-39(34,35)17-7-4-14(2)5-8-17)12-22-24(31)29-25(38-22)28-20-9-6-16(30(32)33)13-18(20)26/h4-13H,3H2,1-2H3,(H,28,29,31)/b22-12+. The Morgan fingerprint density at radius 2 is 1.90 bits per heavy atom. The Kier molecular flexibility index (Phi) is 8.83. The number of amidine groups is 1. The molecule has 0 unspecified atom stereocenters. The number of nitrogens with zero attached hydrogens (tertiary/aromatic N) is 2. The van der Waals surface area contributed by atoms with E-state index in [1.807, 2.05) is 29.5 Å². The first-order chi connectivity index (χ1) is 18.5. The lowest BCUT2D eigenvalue weighted by molar-refractivity contribution is -0.384. The number of aliphatic imine (C=N–C) groups is 1. The molecule has 10 nitrogen and oxygen atoms in total. The number of ether oxygens (including phenoxy) is 1. The molecule has 4 rings (SSSR count). The smallest absolute Gasteiger partial charge is 0.339 e. The summed E-state index contributed by atoms with van der Waals surface area (Å²) in [6, 6.07) is 13.4. The number of nitro benzene ring substituents is 1. The molecule has 1 fully saturated rings. The second kappa shape index (κ2) is 11.9. The molecule has 0 spiro atoms. The number of rotatable bonds is 8. The Morgan fingerprint density at radius 1 is 1.18 bits per heavy atom. The summed E-state index contributed by atoms with van der Waals surface area (Å²) in [6.45, 7) is 3.85. The number of carbonyl (C=O) groups is 1. The fourth-order valence-corrected chi connectivity index (χ4v) is 6.21. The van der Waals surface area contributed by atoms with E-state index in [2.05, 4.69) is 10.3 Å². The number of aryl methyl sites for hydroxylation is 1. The second-order valence-corrected chi connectivity index (χ2v) is 12.1. The lowest BCUT2D eigenvalue weighted by Gasteiger charge is -2.14. The summed E-state index contributed by atoms with van der Waals surface area (Å²) in [7, 11) is -4.12. The van der Waals surface area contributed by atoms with E-state index in [-0.39, 0.29) is 44.6 Å². The van der Waals surface area contributed by atoms with Crippen LogP contribution in [0.2, 0.25) is 5.02 Å². The molecule has 3 aromatic rings. The number of benzene rings is 3. The van der Waals surface area contributed by atoms with Crippen molar-refractivity contribution in [3.05, 3.63) is 89.3 Å². The third kappa shape index (κ3) is 6.90. The minimum Gasteiger partial charge on any atom is -0.490 e. The zero-order chi connectivity index (χ0) is 28.3. The van der Waals surface area contributed by atoms with Gasteiger partial charge in [-0.3, -0.25) is 14.9 Å². The number of hydrogen-bond acceptors (Lipinski definition) is 9. The second-order valence-electron chi connectivity index (χ2n) is 7.99. The van der Waals surface area contributed by atoms with Crippen LogP contribution in [0.5, 0.6) is 11.5 Å². The molecule has 1 heterocycles. The number of amides is 1. The van der Waals surface area contributed by atoms with E-state index in [0.717, 1.165) is 17.3 Å². The summed E-state index contributed by atoms with van der Waals surface area (Å²) in [6.07, 6.45) is 1.60. The summed E-state index contributed by atoms with van der Waals surface area (Å²) < 4.78 is 37.4. The molecule has 14 heteroatoms. The number of nitrogens with one attached hydrogen (secondary N) is 1. The van der Waals surface area contributed by atoms with E-state index < -0.39 is 20.9 Å². The normalized spacial score (nSPS) is 15.4. The van der Waals surface area contributed by atoms with Crippen LogP contribution in [-0.2, 0) is 14.9 Å². The molecule has 0 aliphatic carbocycles. The van der Waals surface area contributed by atoms with Gasteiger partial charge in [0.25, 0.3) is 11.6 Å². The molecule has 0 saturated carbocycles. The van der Waals surface area contributed by atoms with Gasteiger partial charge in [-0.05, 0) is 90.2 Å². The molecule has 0 atom stereocenters. The van der Waals surface area contributed by atoms with Crippen LogP contribution >= 0.6 is 46.0 Å². The summed E-state index contributed by atoms with van der Waals surface area (Å²) in [5.74, 6) is -0.173. The number of nitro groups is 1. The third-order valence-electron chi connectivity index (χ3n) is 5.15. The Morgan fingerprint density at radius 3 is 2.54 bits per heavy atom. The average Bonchev–Trinajstić information content (AvgIpc) is 3.21. The van der Waals surface area contributed by atoms with Gasteiger partial charge in [0, 0.05) is 12.1 Å². The zero-order valence-electron chi connectivity index (χ0n) is 20.3. The fourth-order valence-electron chi connectivity index (χ4n) is 3.32. The maximum atomic E-state index is 12.9. The monoisotopic (exact) mass is 699 g/mol. The first kappa shape index (κ1) is 28.9. The highest BCUT2D eigenvalue weighted by atomic mass is 127. The van der Waals surface area contributed by atoms with Crippen molar-refractivity contribution in [1.29, 1.82) is 0 Å². The molecule has 1 aliphatic heterocycles. The Hall–Kier alpha value is -3.14. The molecule has 0 bridgehead atoms. The van der Waals surface area contributed by atoms with Crippen LogP contribution < -0.4 is 14.2 Å². The van der Waals surface area contributed by atoms with E-state index in [1.54, 1.807) is 37.3 Å². The van der Waals surface area contributed by atoms with Crippen molar-refractivity contribution in [2.45, 2.75) is 18.7 Å².